The first-order valence-electron chi connectivity index (χ1n) is 4.04. The molecule has 0 unspecified atom stereocenters. The summed E-state index contributed by atoms with van der Waals surface area (Å²) in [6.07, 6.45) is 0. The van der Waals surface area contributed by atoms with E-state index in [0.29, 0.717) is 15.9 Å². The smallest absolute Gasteiger partial charge is 0.270 e. The van der Waals surface area contributed by atoms with E-state index >= 15 is 0 Å². The van der Waals surface area contributed by atoms with Gasteiger partial charge in [0.1, 0.15) is 5.69 Å². The van der Waals surface area contributed by atoms with Crippen LogP contribution in [0.3, 0.4) is 0 Å². The van der Waals surface area contributed by atoms with E-state index < -0.39 is 4.92 Å². The van der Waals surface area contributed by atoms with Crippen molar-refractivity contribution in [3.05, 3.63) is 45.1 Å². The van der Waals surface area contributed by atoms with E-state index in [2.05, 4.69) is 21.1 Å². The first kappa shape index (κ1) is 9.85. The molecular formula is C9H5BrN2O3. The molecule has 6 heteroatoms. The molecule has 0 bridgehead atoms. The van der Waals surface area contributed by atoms with Crippen LogP contribution < -0.4 is 0 Å². The third-order valence-electron chi connectivity index (χ3n) is 1.83. The maximum absolute atomic E-state index is 10.5. The Bertz CT molecular complexity index is 510. The highest BCUT2D eigenvalue weighted by Crippen LogP contribution is 2.24. The van der Waals surface area contributed by atoms with Gasteiger partial charge in [-0.25, -0.2) is 0 Å². The van der Waals surface area contributed by atoms with Crippen LogP contribution in [0, 0.1) is 10.1 Å². The Morgan fingerprint density at radius 3 is 2.80 bits per heavy atom. The van der Waals surface area contributed by atoms with Crippen molar-refractivity contribution in [3.63, 3.8) is 0 Å². The van der Waals surface area contributed by atoms with E-state index in [1.54, 1.807) is 18.2 Å². The van der Waals surface area contributed by atoms with Crippen molar-refractivity contribution < 1.29 is 9.45 Å². The van der Waals surface area contributed by atoms with Gasteiger partial charge in [0.15, 0.2) is 0 Å². The molecule has 0 aliphatic heterocycles. The summed E-state index contributed by atoms with van der Waals surface area (Å²) in [6, 6.07) is 7.87. The van der Waals surface area contributed by atoms with Crippen molar-refractivity contribution in [1.29, 1.82) is 0 Å². The molecule has 0 N–H and O–H groups in total. The van der Waals surface area contributed by atoms with Gasteiger partial charge >= 0.3 is 0 Å². The molecule has 0 amide bonds. The Balaban J connectivity index is 2.45. The van der Waals surface area contributed by atoms with Gasteiger partial charge in [-0.2, -0.15) is 0 Å². The molecule has 0 atom stereocenters. The molecule has 76 valence electrons. The second kappa shape index (κ2) is 3.82. The molecular weight excluding hydrogens is 264 g/mol. The fourth-order valence-corrected chi connectivity index (χ4v) is 1.46. The summed E-state index contributed by atoms with van der Waals surface area (Å²) in [5, 5.41) is 14.3. The fourth-order valence-electron chi connectivity index (χ4n) is 1.17. The highest BCUT2D eigenvalue weighted by atomic mass is 79.9. The number of nitrogens with zero attached hydrogens (tertiary/aromatic N) is 2. The molecule has 15 heavy (non-hydrogen) atoms. The highest BCUT2D eigenvalue weighted by Gasteiger charge is 2.09. The maximum Gasteiger partial charge on any atom is 0.270 e. The van der Waals surface area contributed by atoms with Crippen LogP contribution in [0.5, 0.6) is 0 Å². The number of nitro benzene ring substituents is 1. The molecule has 0 radical (unpaired) electrons. The lowest BCUT2D eigenvalue weighted by molar-refractivity contribution is -0.384. The van der Waals surface area contributed by atoms with Gasteiger partial charge in [-0.3, -0.25) is 10.1 Å². The zero-order chi connectivity index (χ0) is 10.8. The van der Waals surface area contributed by atoms with Gasteiger partial charge in [-0.05, 0) is 15.9 Å². The second-order valence-corrected chi connectivity index (χ2v) is 3.61. The maximum atomic E-state index is 10.5. The van der Waals surface area contributed by atoms with Crippen LogP contribution in [0.2, 0.25) is 0 Å². The minimum Gasteiger partial charge on any atom is -0.349 e. The Kier molecular flexibility index (Phi) is 2.51. The molecule has 2 rings (SSSR count). The van der Waals surface area contributed by atoms with Crippen LogP contribution in [0.1, 0.15) is 0 Å². The minimum atomic E-state index is -0.446. The van der Waals surface area contributed by atoms with Gasteiger partial charge in [0.05, 0.1) is 4.92 Å². The summed E-state index contributed by atoms with van der Waals surface area (Å²) in [5.41, 5.74) is 1.25. The Morgan fingerprint density at radius 2 is 2.20 bits per heavy atom. The number of hydrogen-bond acceptors (Lipinski definition) is 4. The zero-order valence-electron chi connectivity index (χ0n) is 7.38. The fraction of sp³-hybridized carbons (Fsp3) is 0. The van der Waals surface area contributed by atoms with E-state index in [1.807, 2.05) is 0 Å². The molecule has 1 aromatic carbocycles. The largest absolute Gasteiger partial charge is 0.349 e. The molecule has 0 saturated carbocycles. The first-order chi connectivity index (χ1) is 7.16. The topological polar surface area (TPSA) is 69.2 Å². The van der Waals surface area contributed by atoms with Crippen molar-refractivity contribution >= 4 is 21.6 Å². The Morgan fingerprint density at radius 1 is 1.40 bits per heavy atom. The summed E-state index contributed by atoms with van der Waals surface area (Å²) < 4.78 is 5.31. The SMILES string of the molecule is O=[N+]([O-])c1cccc(-c2cc(Br)on2)c1. The van der Waals surface area contributed by atoms with Gasteiger partial charge in [0.25, 0.3) is 5.69 Å². The lowest BCUT2D eigenvalue weighted by Gasteiger charge is -1.94. The summed E-state index contributed by atoms with van der Waals surface area (Å²) in [4.78, 5) is 10.1. The number of aromatic nitrogens is 1. The Labute approximate surface area is 93.0 Å². The van der Waals surface area contributed by atoms with E-state index in [1.165, 1.54) is 12.1 Å². The normalized spacial score (nSPS) is 10.2. The molecule has 0 saturated heterocycles. The summed E-state index contributed by atoms with van der Waals surface area (Å²) in [6.45, 7) is 0. The van der Waals surface area contributed by atoms with Crippen LogP contribution in [0.4, 0.5) is 5.69 Å². The third-order valence-corrected chi connectivity index (χ3v) is 2.21. The molecule has 1 heterocycles. The monoisotopic (exact) mass is 268 g/mol. The average molecular weight is 269 g/mol. The number of benzene rings is 1. The quantitative estimate of drug-likeness (QED) is 0.620. The summed E-state index contributed by atoms with van der Waals surface area (Å²) >= 11 is 3.11. The molecule has 0 fully saturated rings. The summed E-state index contributed by atoms with van der Waals surface area (Å²) in [7, 11) is 0. The van der Waals surface area contributed by atoms with Crippen LogP contribution in [-0.2, 0) is 0 Å². The molecule has 0 spiro atoms. The predicted octanol–water partition coefficient (Wildman–Crippen LogP) is 3.01. The average Bonchev–Trinajstić information content (AvgIpc) is 2.65. The number of halogens is 1. The van der Waals surface area contributed by atoms with Gasteiger partial charge in [0.2, 0.25) is 4.67 Å². The van der Waals surface area contributed by atoms with E-state index in [0.717, 1.165) is 0 Å². The van der Waals surface area contributed by atoms with Crippen molar-refractivity contribution in [2.75, 3.05) is 0 Å². The first-order valence-corrected chi connectivity index (χ1v) is 4.83. The van der Waals surface area contributed by atoms with E-state index in [4.69, 9.17) is 4.52 Å². The highest BCUT2D eigenvalue weighted by molar-refractivity contribution is 9.10. The van der Waals surface area contributed by atoms with Gasteiger partial charge in [-0.1, -0.05) is 17.3 Å². The third kappa shape index (κ3) is 2.04. The standard InChI is InChI=1S/C9H5BrN2O3/c10-9-5-8(11-15-9)6-2-1-3-7(4-6)12(13)14/h1-5H. The van der Waals surface area contributed by atoms with Crippen LogP contribution >= 0.6 is 15.9 Å². The molecule has 0 aliphatic carbocycles. The van der Waals surface area contributed by atoms with E-state index in [-0.39, 0.29) is 5.69 Å². The summed E-state index contributed by atoms with van der Waals surface area (Å²) in [5.74, 6) is 0. The van der Waals surface area contributed by atoms with Crippen molar-refractivity contribution in [3.8, 4) is 11.3 Å². The van der Waals surface area contributed by atoms with E-state index in [9.17, 15) is 10.1 Å². The predicted molar refractivity (Wildman–Crippen MR) is 56.3 cm³/mol. The van der Waals surface area contributed by atoms with Crippen molar-refractivity contribution in [2.24, 2.45) is 0 Å². The van der Waals surface area contributed by atoms with Crippen LogP contribution in [-0.4, -0.2) is 10.1 Å². The Hall–Kier alpha value is -1.69. The molecule has 1 aromatic heterocycles. The number of hydrogen-bond donors (Lipinski definition) is 0. The van der Waals surface area contributed by atoms with Crippen LogP contribution in [0.15, 0.2) is 39.5 Å². The number of rotatable bonds is 2. The van der Waals surface area contributed by atoms with Gasteiger partial charge < -0.3 is 4.52 Å². The van der Waals surface area contributed by atoms with Crippen LogP contribution in [0.25, 0.3) is 11.3 Å². The lowest BCUT2D eigenvalue weighted by atomic mass is 10.1. The zero-order valence-corrected chi connectivity index (χ0v) is 8.97. The van der Waals surface area contributed by atoms with Gasteiger partial charge in [0, 0.05) is 23.8 Å². The van der Waals surface area contributed by atoms with Gasteiger partial charge in [-0.15, -0.1) is 0 Å². The number of nitro groups is 1. The number of non-ortho nitro benzene ring substituents is 1. The van der Waals surface area contributed by atoms with Crippen molar-refractivity contribution in [2.45, 2.75) is 0 Å². The molecule has 2 aromatic rings. The second-order valence-electron chi connectivity index (χ2n) is 2.82. The lowest BCUT2D eigenvalue weighted by Crippen LogP contribution is -1.87. The minimum absolute atomic E-state index is 0.0339. The van der Waals surface area contributed by atoms with Crippen molar-refractivity contribution in [1.82, 2.24) is 5.16 Å². The molecule has 5 nitrogen and oxygen atoms in total. The molecule has 0 aliphatic rings.